The Hall–Kier alpha value is -1.89. The number of carbonyl (C=O) groups is 1. The lowest BCUT2D eigenvalue weighted by Gasteiger charge is -2.06. The summed E-state index contributed by atoms with van der Waals surface area (Å²) in [5.74, 6) is 0.208. The van der Waals surface area contributed by atoms with Crippen molar-refractivity contribution >= 4 is 16.6 Å². The number of Topliss-reactive ketones (excluding diaryl/α,β-unsaturated/α-hetero) is 1. The van der Waals surface area contributed by atoms with Gasteiger partial charge in [-0.15, -0.1) is 0 Å². The number of allylic oxidation sites excluding steroid dienone is 2. The molecule has 0 atom stereocenters. The topological polar surface area (TPSA) is 17.1 Å². The minimum atomic E-state index is 0.208. The normalized spacial score (nSPS) is 14.9. The summed E-state index contributed by atoms with van der Waals surface area (Å²) in [7, 11) is 0. The number of fused-ring (bicyclic) bond motifs is 1. The highest BCUT2D eigenvalue weighted by Gasteiger charge is 2.16. The Morgan fingerprint density at radius 2 is 1.82 bits per heavy atom. The standard InChI is InChI=1S/C16H14O/c17-16(13-7-1-2-8-13)15-11-5-9-12-6-3-4-10-14(12)15/h3-7,9-11H,1-2,8H2. The summed E-state index contributed by atoms with van der Waals surface area (Å²) in [6.45, 7) is 0. The summed E-state index contributed by atoms with van der Waals surface area (Å²) in [5.41, 5.74) is 1.83. The van der Waals surface area contributed by atoms with Crippen LogP contribution in [0.25, 0.3) is 10.8 Å². The van der Waals surface area contributed by atoms with E-state index in [4.69, 9.17) is 0 Å². The Morgan fingerprint density at radius 1 is 1.00 bits per heavy atom. The zero-order chi connectivity index (χ0) is 11.7. The van der Waals surface area contributed by atoms with Crippen LogP contribution in [-0.2, 0) is 0 Å². The lowest BCUT2D eigenvalue weighted by Crippen LogP contribution is -2.02. The van der Waals surface area contributed by atoms with Crippen molar-refractivity contribution in [2.24, 2.45) is 0 Å². The first-order chi connectivity index (χ1) is 8.36. The van der Waals surface area contributed by atoms with Crippen LogP contribution in [0.5, 0.6) is 0 Å². The molecule has 0 amide bonds. The molecular formula is C16H14O. The van der Waals surface area contributed by atoms with E-state index in [2.05, 4.69) is 18.2 Å². The van der Waals surface area contributed by atoms with Crippen molar-refractivity contribution in [3.05, 3.63) is 59.7 Å². The Labute approximate surface area is 101 Å². The van der Waals surface area contributed by atoms with Gasteiger partial charge in [0.15, 0.2) is 5.78 Å². The first-order valence-corrected chi connectivity index (χ1v) is 6.08. The van der Waals surface area contributed by atoms with Crippen LogP contribution in [0.4, 0.5) is 0 Å². The molecule has 0 fully saturated rings. The molecule has 17 heavy (non-hydrogen) atoms. The number of carbonyl (C=O) groups excluding carboxylic acids is 1. The van der Waals surface area contributed by atoms with Crippen LogP contribution in [0.3, 0.4) is 0 Å². The zero-order valence-corrected chi connectivity index (χ0v) is 9.65. The van der Waals surface area contributed by atoms with Crippen LogP contribution < -0.4 is 0 Å². The van der Waals surface area contributed by atoms with Crippen LogP contribution in [0.1, 0.15) is 29.6 Å². The summed E-state index contributed by atoms with van der Waals surface area (Å²) in [4.78, 5) is 12.4. The minimum absolute atomic E-state index is 0.208. The van der Waals surface area contributed by atoms with Crippen LogP contribution in [0.15, 0.2) is 54.1 Å². The maximum atomic E-state index is 12.4. The molecule has 0 heterocycles. The molecular weight excluding hydrogens is 208 g/mol. The molecule has 2 aromatic rings. The highest BCUT2D eigenvalue weighted by Crippen LogP contribution is 2.26. The maximum Gasteiger partial charge on any atom is 0.189 e. The average Bonchev–Trinajstić information content (AvgIpc) is 2.91. The zero-order valence-electron chi connectivity index (χ0n) is 9.65. The number of hydrogen-bond acceptors (Lipinski definition) is 1. The molecule has 0 spiro atoms. The fourth-order valence-corrected chi connectivity index (χ4v) is 2.47. The predicted molar refractivity (Wildman–Crippen MR) is 70.2 cm³/mol. The van der Waals surface area contributed by atoms with Gasteiger partial charge in [-0.3, -0.25) is 4.79 Å². The smallest absolute Gasteiger partial charge is 0.189 e. The number of benzene rings is 2. The second-order valence-electron chi connectivity index (χ2n) is 4.48. The van der Waals surface area contributed by atoms with Gasteiger partial charge in [0, 0.05) is 5.56 Å². The quantitative estimate of drug-likeness (QED) is 0.698. The SMILES string of the molecule is O=C(C1=CCCC1)c1cccc2ccccc12. The van der Waals surface area contributed by atoms with E-state index >= 15 is 0 Å². The van der Waals surface area contributed by atoms with Crippen molar-refractivity contribution < 1.29 is 4.79 Å². The highest BCUT2D eigenvalue weighted by molar-refractivity contribution is 6.16. The van der Waals surface area contributed by atoms with E-state index in [1.54, 1.807) is 0 Å². The van der Waals surface area contributed by atoms with Gasteiger partial charge >= 0.3 is 0 Å². The second-order valence-corrected chi connectivity index (χ2v) is 4.48. The van der Waals surface area contributed by atoms with Gasteiger partial charge in [-0.05, 0) is 35.6 Å². The Balaban J connectivity index is 2.14. The van der Waals surface area contributed by atoms with Crippen molar-refractivity contribution in [3.8, 4) is 0 Å². The second kappa shape index (κ2) is 4.17. The van der Waals surface area contributed by atoms with E-state index in [-0.39, 0.29) is 5.78 Å². The molecule has 3 rings (SSSR count). The third-order valence-electron chi connectivity index (χ3n) is 3.37. The average molecular weight is 222 g/mol. The third-order valence-corrected chi connectivity index (χ3v) is 3.37. The van der Waals surface area contributed by atoms with Crippen LogP contribution in [-0.4, -0.2) is 5.78 Å². The van der Waals surface area contributed by atoms with E-state index in [0.29, 0.717) is 0 Å². The van der Waals surface area contributed by atoms with Gasteiger partial charge in [-0.1, -0.05) is 48.5 Å². The maximum absolute atomic E-state index is 12.4. The Kier molecular flexibility index (Phi) is 2.52. The van der Waals surface area contributed by atoms with Crippen LogP contribution in [0, 0.1) is 0 Å². The fraction of sp³-hybridized carbons (Fsp3) is 0.188. The van der Waals surface area contributed by atoms with Crippen molar-refractivity contribution in [3.63, 3.8) is 0 Å². The molecule has 1 nitrogen and oxygen atoms in total. The molecule has 0 N–H and O–H groups in total. The Bertz CT molecular complexity index is 602. The van der Waals surface area contributed by atoms with Gasteiger partial charge in [0.25, 0.3) is 0 Å². The largest absolute Gasteiger partial charge is 0.289 e. The van der Waals surface area contributed by atoms with Gasteiger partial charge in [0.2, 0.25) is 0 Å². The molecule has 2 aromatic carbocycles. The molecule has 0 saturated carbocycles. The summed E-state index contributed by atoms with van der Waals surface area (Å²) >= 11 is 0. The van der Waals surface area contributed by atoms with Gasteiger partial charge in [0.05, 0.1) is 0 Å². The fourth-order valence-electron chi connectivity index (χ4n) is 2.47. The highest BCUT2D eigenvalue weighted by atomic mass is 16.1. The summed E-state index contributed by atoms with van der Waals surface area (Å²) in [5, 5.41) is 2.20. The van der Waals surface area contributed by atoms with E-state index in [1.807, 2.05) is 30.3 Å². The number of rotatable bonds is 2. The van der Waals surface area contributed by atoms with Crippen molar-refractivity contribution in [2.75, 3.05) is 0 Å². The Morgan fingerprint density at radius 3 is 2.65 bits per heavy atom. The monoisotopic (exact) mass is 222 g/mol. The van der Waals surface area contributed by atoms with Crippen LogP contribution in [0.2, 0.25) is 0 Å². The van der Waals surface area contributed by atoms with Crippen molar-refractivity contribution in [1.82, 2.24) is 0 Å². The first-order valence-electron chi connectivity index (χ1n) is 6.08. The first kappa shape index (κ1) is 10.3. The van der Waals surface area contributed by atoms with Crippen molar-refractivity contribution in [2.45, 2.75) is 19.3 Å². The summed E-state index contributed by atoms with van der Waals surface area (Å²) in [6.07, 6.45) is 5.18. The molecule has 1 aliphatic carbocycles. The molecule has 0 radical (unpaired) electrons. The van der Waals surface area contributed by atoms with E-state index in [0.717, 1.165) is 41.2 Å². The predicted octanol–water partition coefficient (Wildman–Crippen LogP) is 4.13. The van der Waals surface area contributed by atoms with E-state index in [1.165, 1.54) is 0 Å². The summed E-state index contributed by atoms with van der Waals surface area (Å²) in [6, 6.07) is 14.0. The van der Waals surface area contributed by atoms with Gasteiger partial charge < -0.3 is 0 Å². The van der Waals surface area contributed by atoms with Crippen molar-refractivity contribution in [1.29, 1.82) is 0 Å². The van der Waals surface area contributed by atoms with Gasteiger partial charge in [0.1, 0.15) is 0 Å². The number of hydrogen-bond donors (Lipinski definition) is 0. The van der Waals surface area contributed by atoms with Gasteiger partial charge in [-0.2, -0.15) is 0 Å². The molecule has 0 bridgehead atoms. The molecule has 1 aliphatic rings. The molecule has 0 aliphatic heterocycles. The van der Waals surface area contributed by atoms with Crippen LogP contribution >= 0.6 is 0 Å². The van der Waals surface area contributed by atoms with E-state index in [9.17, 15) is 4.79 Å². The molecule has 1 heteroatoms. The minimum Gasteiger partial charge on any atom is -0.289 e. The number of ketones is 1. The van der Waals surface area contributed by atoms with Gasteiger partial charge in [-0.25, -0.2) is 0 Å². The summed E-state index contributed by atoms with van der Waals surface area (Å²) < 4.78 is 0. The molecule has 0 unspecified atom stereocenters. The lowest BCUT2D eigenvalue weighted by atomic mass is 9.97. The van der Waals surface area contributed by atoms with E-state index < -0.39 is 0 Å². The molecule has 0 saturated heterocycles. The third kappa shape index (κ3) is 1.78. The molecule has 84 valence electrons. The lowest BCUT2D eigenvalue weighted by molar-refractivity contribution is 0.103. The molecule has 0 aromatic heterocycles.